The van der Waals surface area contributed by atoms with Crippen molar-refractivity contribution in [2.75, 3.05) is 6.61 Å². The largest absolute Gasteiger partial charge is 0.374 e. The van der Waals surface area contributed by atoms with E-state index in [-0.39, 0.29) is 0 Å². The molecule has 0 aromatic carbocycles. The number of hydrogen-bond acceptors (Lipinski definition) is 1. The highest BCUT2D eigenvalue weighted by molar-refractivity contribution is 5.00. The molecule has 40 valence electrons. The minimum atomic E-state index is 0.389. The van der Waals surface area contributed by atoms with Gasteiger partial charge in [0, 0.05) is 6.42 Å². The highest BCUT2D eigenvalue weighted by Crippen LogP contribution is 2.16. The standard InChI is InChI=1S/C6H10O/c1-5(2)6-3-4-7-6/h6H,1,3-4H2,2H3. The Morgan fingerprint density at radius 3 is 2.43 bits per heavy atom. The summed E-state index contributed by atoms with van der Waals surface area (Å²) < 4.78 is 5.09. The van der Waals surface area contributed by atoms with E-state index in [1.807, 2.05) is 6.92 Å². The van der Waals surface area contributed by atoms with Crippen LogP contribution in [0.15, 0.2) is 12.2 Å². The van der Waals surface area contributed by atoms with Gasteiger partial charge in [0.15, 0.2) is 0 Å². The summed E-state index contributed by atoms with van der Waals surface area (Å²) in [5.74, 6) is 0. The van der Waals surface area contributed by atoms with E-state index in [9.17, 15) is 0 Å². The summed E-state index contributed by atoms with van der Waals surface area (Å²) in [6.45, 7) is 6.68. The van der Waals surface area contributed by atoms with Gasteiger partial charge in [0.1, 0.15) is 0 Å². The zero-order valence-electron chi connectivity index (χ0n) is 4.61. The maximum absolute atomic E-state index is 5.09. The van der Waals surface area contributed by atoms with Crippen molar-refractivity contribution in [3.8, 4) is 0 Å². The summed E-state index contributed by atoms with van der Waals surface area (Å²) in [6.07, 6.45) is 1.56. The summed E-state index contributed by atoms with van der Waals surface area (Å²) in [7, 11) is 0. The van der Waals surface area contributed by atoms with Crippen LogP contribution in [-0.4, -0.2) is 12.7 Å². The predicted molar refractivity (Wildman–Crippen MR) is 29.2 cm³/mol. The third-order valence-corrected chi connectivity index (χ3v) is 1.25. The van der Waals surface area contributed by atoms with E-state index in [2.05, 4.69) is 6.58 Å². The fraction of sp³-hybridized carbons (Fsp3) is 0.667. The molecule has 1 aliphatic rings. The fourth-order valence-electron chi connectivity index (χ4n) is 0.624. The maximum Gasteiger partial charge on any atom is 0.0801 e. The Kier molecular flexibility index (Phi) is 1.15. The molecule has 0 radical (unpaired) electrons. The third kappa shape index (κ3) is 0.829. The lowest BCUT2D eigenvalue weighted by molar-refractivity contribution is -0.0256. The average molecular weight is 98.1 g/mol. The zero-order chi connectivity index (χ0) is 5.28. The van der Waals surface area contributed by atoms with Crippen LogP contribution < -0.4 is 0 Å². The summed E-state index contributed by atoms with van der Waals surface area (Å²) in [5.41, 5.74) is 1.16. The topological polar surface area (TPSA) is 9.23 Å². The number of rotatable bonds is 1. The van der Waals surface area contributed by atoms with Crippen molar-refractivity contribution in [3.63, 3.8) is 0 Å². The van der Waals surface area contributed by atoms with E-state index < -0.39 is 0 Å². The Hall–Kier alpha value is -0.300. The first-order valence-electron chi connectivity index (χ1n) is 2.57. The van der Waals surface area contributed by atoms with Gasteiger partial charge in [-0.3, -0.25) is 0 Å². The highest BCUT2D eigenvalue weighted by atomic mass is 16.5. The van der Waals surface area contributed by atoms with Crippen LogP contribution >= 0.6 is 0 Å². The Morgan fingerprint density at radius 2 is 2.43 bits per heavy atom. The third-order valence-electron chi connectivity index (χ3n) is 1.25. The quantitative estimate of drug-likeness (QED) is 0.450. The molecule has 0 aromatic rings. The van der Waals surface area contributed by atoms with Gasteiger partial charge < -0.3 is 4.74 Å². The number of hydrogen-bond donors (Lipinski definition) is 0. The van der Waals surface area contributed by atoms with E-state index in [4.69, 9.17) is 4.74 Å². The van der Waals surface area contributed by atoms with Gasteiger partial charge in [-0.15, -0.1) is 0 Å². The van der Waals surface area contributed by atoms with E-state index in [1.54, 1.807) is 0 Å². The molecule has 1 heteroatoms. The van der Waals surface area contributed by atoms with Gasteiger partial charge in [0.2, 0.25) is 0 Å². The molecule has 1 rings (SSSR count). The lowest BCUT2D eigenvalue weighted by Gasteiger charge is -2.26. The molecular weight excluding hydrogens is 88.1 g/mol. The van der Waals surface area contributed by atoms with Crippen molar-refractivity contribution in [2.45, 2.75) is 19.4 Å². The van der Waals surface area contributed by atoms with Crippen molar-refractivity contribution in [1.82, 2.24) is 0 Å². The minimum Gasteiger partial charge on any atom is -0.374 e. The summed E-state index contributed by atoms with van der Waals surface area (Å²) in [6, 6.07) is 0. The Labute approximate surface area is 44.0 Å². The fourth-order valence-corrected chi connectivity index (χ4v) is 0.624. The molecule has 1 heterocycles. The molecule has 0 spiro atoms. The van der Waals surface area contributed by atoms with Crippen molar-refractivity contribution in [3.05, 3.63) is 12.2 Å². The molecule has 7 heavy (non-hydrogen) atoms. The summed E-state index contributed by atoms with van der Waals surface area (Å²) in [5, 5.41) is 0. The van der Waals surface area contributed by atoms with Gasteiger partial charge >= 0.3 is 0 Å². The predicted octanol–water partition coefficient (Wildman–Crippen LogP) is 1.35. The molecule has 1 nitrogen and oxygen atoms in total. The molecule has 1 unspecified atom stereocenters. The monoisotopic (exact) mass is 98.1 g/mol. The van der Waals surface area contributed by atoms with Crippen LogP contribution in [0, 0.1) is 0 Å². The first kappa shape index (κ1) is 4.85. The molecule has 0 N–H and O–H groups in total. The van der Waals surface area contributed by atoms with Gasteiger partial charge in [-0.1, -0.05) is 12.2 Å². The van der Waals surface area contributed by atoms with E-state index in [0.717, 1.165) is 12.2 Å². The maximum atomic E-state index is 5.09. The van der Waals surface area contributed by atoms with Crippen LogP contribution in [0.25, 0.3) is 0 Å². The molecule has 0 aromatic heterocycles. The van der Waals surface area contributed by atoms with E-state index >= 15 is 0 Å². The van der Waals surface area contributed by atoms with E-state index in [0.29, 0.717) is 6.10 Å². The first-order chi connectivity index (χ1) is 3.30. The SMILES string of the molecule is C=C(C)C1CCO1. The van der Waals surface area contributed by atoms with E-state index in [1.165, 1.54) is 6.42 Å². The van der Waals surface area contributed by atoms with Crippen LogP contribution in [0.1, 0.15) is 13.3 Å². The van der Waals surface area contributed by atoms with Gasteiger partial charge in [-0.05, 0) is 6.92 Å². The lowest BCUT2D eigenvalue weighted by atomic mass is 10.1. The lowest BCUT2D eigenvalue weighted by Crippen LogP contribution is -2.26. The van der Waals surface area contributed by atoms with Gasteiger partial charge in [0.25, 0.3) is 0 Å². The average Bonchev–Trinajstić information content (AvgIpc) is 1.23. The molecule has 1 fully saturated rings. The second kappa shape index (κ2) is 1.66. The van der Waals surface area contributed by atoms with Crippen LogP contribution in [0.4, 0.5) is 0 Å². The van der Waals surface area contributed by atoms with Crippen molar-refractivity contribution in [2.24, 2.45) is 0 Å². The van der Waals surface area contributed by atoms with Gasteiger partial charge in [0.05, 0.1) is 12.7 Å². The Balaban J connectivity index is 2.27. The van der Waals surface area contributed by atoms with Crippen molar-refractivity contribution < 1.29 is 4.74 Å². The molecule has 1 saturated heterocycles. The molecule has 1 atom stereocenters. The summed E-state index contributed by atoms with van der Waals surface area (Å²) in [4.78, 5) is 0. The van der Waals surface area contributed by atoms with Gasteiger partial charge in [-0.2, -0.15) is 0 Å². The second-order valence-electron chi connectivity index (χ2n) is 1.99. The molecular formula is C6H10O. The normalized spacial score (nSPS) is 29.0. The zero-order valence-corrected chi connectivity index (χ0v) is 4.61. The number of ether oxygens (including phenoxy) is 1. The molecule has 0 bridgehead atoms. The van der Waals surface area contributed by atoms with Crippen LogP contribution in [0.2, 0.25) is 0 Å². The highest BCUT2D eigenvalue weighted by Gasteiger charge is 2.17. The van der Waals surface area contributed by atoms with Crippen molar-refractivity contribution in [1.29, 1.82) is 0 Å². The molecule has 1 aliphatic heterocycles. The first-order valence-corrected chi connectivity index (χ1v) is 2.57. The van der Waals surface area contributed by atoms with Crippen LogP contribution in [0.5, 0.6) is 0 Å². The molecule has 0 aliphatic carbocycles. The minimum absolute atomic E-state index is 0.389. The Bertz CT molecular complexity index is 82.2. The van der Waals surface area contributed by atoms with Crippen molar-refractivity contribution >= 4 is 0 Å². The van der Waals surface area contributed by atoms with Crippen LogP contribution in [-0.2, 0) is 4.74 Å². The molecule has 0 amide bonds. The van der Waals surface area contributed by atoms with Gasteiger partial charge in [-0.25, -0.2) is 0 Å². The molecule has 0 saturated carbocycles. The van der Waals surface area contributed by atoms with Crippen LogP contribution in [0.3, 0.4) is 0 Å². The smallest absolute Gasteiger partial charge is 0.0801 e. The second-order valence-corrected chi connectivity index (χ2v) is 1.99. The summed E-state index contributed by atoms with van der Waals surface area (Å²) >= 11 is 0. The Morgan fingerprint density at radius 1 is 1.86 bits per heavy atom.